The zero-order chi connectivity index (χ0) is 18.9. The first-order valence-electron chi connectivity index (χ1n) is 9.35. The van der Waals surface area contributed by atoms with Crippen LogP contribution in [0, 0.1) is 0 Å². The lowest BCUT2D eigenvalue weighted by Crippen LogP contribution is -2.32. The van der Waals surface area contributed by atoms with Crippen LogP contribution in [0.4, 0.5) is 0 Å². The third kappa shape index (κ3) is 3.57. The van der Waals surface area contributed by atoms with Crippen LogP contribution < -0.4 is 0 Å². The summed E-state index contributed by atoms with van der Waals surface area (Å²) in [6.45, 7) is 2.84. The van der Waals surface area contributed by atoms with Gasteiger partial charge in [-0.3, -0.25) is 9.88 Å². The second-order valence-electron chi connectivity index (χ2n) is 7.07. The fourth-order valence-corrected chi connectivity index (χ4v) is 4.01. The summed E-state index contributed by atoms with van der Waals surface area (Å²) in [4.78, 5) is 16.0. The summed E-state index contributed by atoms with van der Waals surface area (Å²) in [7, 11) is 0. The highest BCUT2D eigenvalue weighted by atomic mass is 79.9. The van der Waals surface area contributed by atoms with Gasteiger partial charge in [0.15, 0.2) is 0 Å². The lowest BCUT2D eigenvalue weighted by Gasteiger charge is -2.29. The van der Waals surface area contributed by atoms with Crippen LogP contribution in [0.3, 0.4) is 0 Å². The molecule has 0 unspecified atom stereocenters. The second kappa shape index (κ2) is 7.44. The lowest BCUT2D eigenvalue weighted by atomic mass is 9.96. The Morgan fingerprint density at radius 2 is 1.96 bits per heavy atom. The number of piperidine rings is 1. The number of hydrogen-bond donors (Lipinski definition) is 0. The third-order valence-electron chi connectivity index (χ3n) is 5.12. The van der Waals surface area contributed by atoms with Crippen molar-refractivity contribution in [2.45, 2.75) is 25.3 Å². The minimum absolute atomic E-state index is 0.304. The Kier molecular flexibility index (Phi) is 4.66. The van der Waals surface area contributed by atoms with E-state index in [1.807, 2.05) is 36.5 Å². The quantitative estimate of drug-likeness (QED) is 0.480. The molecule has 8 heteroatoms. The Morgan fingerprint density at radius 3 is 2.79 bits per heavy atom. The molecule has 1 aliphatic heterocycles. The molecule has 0 spiro atoms. The number of halogens is 1. The maximum Gasteiger partial charge on any atom is 0.230 e. The molecular formula is C20H19BrN6O. The van der Waals surface area contributed by atoms with Gasteiger partial charge in [-0.15, -0.1) is 0 Å². The molecule has 28 heavy (non-hydrogen) atoms. The molecule has 0 bridgehead atoms. The zero-order valence-corrected chi connectivity index (χ0v) is 16.8. The molecule has 0 aromatic carbocycles. The highest BCUT2D eigenvalue weighted by molar-refractivity contribution is 9.10. The molecule has 1 aliphatic rings. The minimum atomic E-state index is 0.304. The van der Waals surface area contributed by atoms with Gasteiger partial charge < -0.3 is 8.92 Å². The van der Waals surface area contributed by atoms with Crippen LogP contribution in [-0.4, -0.2) is 42.5 Å². The van der Waals surface area contributed by atoms with E-state index in [1.165, 1.54) is 0 Å². The molecule has 4 aromatic heterocycles. The van der Waals surface area contributed by atoms with E-state index in [0.717, 1.165) is 59.9 Å². The van der Waals surface area contributed by atoms with Crippen molar-refractivity contribution in [3.8, 4) is 11.5 Å². The van der Waals surface area contributed by atoms with Crippen molar-refractivity contribution in [2.24, 2.45) is 0 Å². The molecule has 1 saturated heterocycles. The summed E-state index contributed by atoms with van der Waals surface area (Å²) in [6, 6.07) is 9.73. The fraction of sp³-hybridized carbons (Fsp3) is 0.300. The van der Waals surface area contributed by atoms with Gasteiger partial charge >= 0.3 is 0 Å². The first kappa shape index (κ1) is 17.5. The Labute approximate surface area is 170 Å². The van der Waals surface area contributed by atoms with Crippen LogP contribution in [0.2, 0.25) is 0 Å². The van der Waals surface area contributed by atoms with Crippen LogP contribution >= 0.6 is 15.9 Å². The van der Waals surface area contributed by atoms with Gasteiger partial charge in [-0.1, -0.05) is 11.2 Å². The summed E-state index contributed by atoms with van der Waals surface area (Å²) in [5, 5.41) is 4.10. The predicted octanol–water partition coefficient (Wildman–Crippen LogP) is 3.92. The van der Waals surface area contributed by atoms with Crippen LogP contribution in [-0.2, 0) is 6.54 Å². The normalized spacial score (nSPS) is 16.0. The van der Waals surface area contributed by atoms with E-state index in [-0.39, 0.29) is 0 Å². The molecule has 1 fully saturated rings. The first-order valence-corrected chi connectivity index (χ1v) is 10.1. The second-order valence-corrected chi connectivity index (χ2v) is 7.98. The van der Waals surface area contributed by atoms with Crippen molar-refractivity contribution in [2.75, 3.05) is 13.1 Å². The van der Waals surface area contributed by atoms with E-state index in [0.29, 0.717) is 11.7 Å². The smallest absolute Gasteiger partial charge is 0.230 e. The van der Waals surface area contributed by atoms with E-state index < -0.39 is 0 Å². The molecule has 5 heterocycles. The van der Waals surface area contributed by atoms with Gasteiger partial charge in [0, 0.05) is 35.5 Å². The van der Waals surface area contributed by atoms with Gasteiger partial charge in [0.05, 0.1) is 5.69 Å². The van der Waals surface area contributed by atoms with Crippen molar-refractivity contribution in [3.05, 3.63) is 65.0 Å². The largest absolute Gasteiger partial charge is 0.339 e. The number of rotatable bonds is 4. The molecule has 0 aliphatic carbocycles. The van der Waals surface area contributed by atoms with Crippen molar-refractivity contribution < 1.29 is 4.52 Å². The number of imidazole rings is 1. The summed E-state index contributed by atoms with van der Waals surface area (Å²) in [6.07, 6.45) is 7.88. The maximum absolute atomic E-state index is 5.52. The molecular weight excluding hydrogens is 420 g/mol. The molecule has 7 nitrogen and oxygen atoms in total. The molecule has 0 N–H and O–H groups in total. The van der Waals surface area contributed by atoms with E-state index in [2.05, 4.69) is 46.6 Å². The number of nitrogens with zero attached hydrogens (tertiary/aromatic N) is 6. The Bertz CT molecular complexity index is 1080. The maximum atomic E-state index is 5.52. The fourth-order valence-electron chi connectivity index (χ4n) is 3.66. The number of likely N-dealkylation sites (tertiary alicyclic amines) is 1. The average Bonchev–Trinajstić information content (AvgIpc) is 3.36. The molecule has 0 radical (unpaired) electrons. The Morgan fingerprint density at radius 1 is 1.07 bits per heavy atom. The van der Waals surface area contributed by atoms with Crippen molar-refractivity contribution in [3.63, 3.8) is 0 Å². The van der Waals surface area contributed by atoms with Crippen LogP contribution in [0.15, 0.2) is 57.9 Å². The Hall–Kier alpha value is -2.58. The third-order valence-corrected chi connectivity index (χ3v) is 5.59. The van der Waals surface area contributed by atoms with Crippen LogP contribution in [0.25, 0.3) is 17.2 Å². The molecule has 0 amide bonds. The number of hydrogen-bond acceptors (Lipinski definition) is 6. The number of aromatic nitrogens is 5. The van der Waals surface area contributed by atoms with Gasteiger partial charge in [0.25, 0.3) is 0 Å². The first-order chi connectivity index (χ1) is 13.7. The molecule has 5 rings (SSSR count). The minimum Gasteiger partial charge on any atom is -0.339 e. The monoisotopic (exact) mass is 438 g/mol. The van der Waals surface area contributed by atoms with Gasteiger partial charge in [-0.25, -0.2) is 4.98 Å². The number of fused-ring (bicyclic) bond motifs is 1. The van der Waals surface area contributed by atoms with E-state index >= 15 is 0 Å². The average molecular weight is 439 g/mol. The van der Waals surface area contributed by atoms with Gasteiger partial charge in [-0.2, -0.15) is 4.98 Å². The van der Waals surface area contributed by atoms with Crippen LogP contribution in [0.5, 0.6) is 0 Å². The topological polar surface area (TPSA) is 72.3 Å². The van der Waals surface area contributed by atoms with Gasteiger partial charge in [-0.05, 0) is 66.1 Å². The Balaban J connectivity index is 1.22. The van der Waals surface area contributed by atoms with E-state index in [1.54, 1.807) is 6.20 Å². The standard InChI is InChI=1S/C20H19BrN6O/c21-15-4-5-18-23-16(13-27(18)11-15)12-26-9-6-14(7-10-26)20-24-19(25-28-20)17-3-1-2-8-22-17/h1-5,8,11,13-14H,6-7,9-10,12H2. The highest BCUT2D eigenvalue weighted by Crippen LogP contribution is 2.28. The summed E-state index contributed by atoms with van der Waals surface area (Å²) < 4.78 is 8.63. The zero-order valence-electron chi connectivity index (χ0n) is 15.2. The summed E-state index contributed by atoms with van der Waals surface area (Å²) >= 11 is 3.50. The highest BCUT2D eigenvalue weighted by Gasteiger charge is 2.26. The van der Waals surface area contributed by atoms with Crippen molar-refractivity contribution >= 4 is 21.6 Å². The SMILES string of the molecule is Brc1ccc2nc(CN3CCC(c4nc(-c5ccccn5)no4)CC3)cn2c1. The van der Waals surface area contributed by atoms with E-state index in [4.69, 9.17) is 9.51 Å². The molecule has 0 saturated carbocycles. The number of pyridine rings is 2. The molecule has 4 aromatic rings. The summed E-state index contributed by atoms with van der Waals surface area (Å²) in [5.74, 6) is 1.59. The van der Waals surface area contributed by atoms with Gasteiger partial charge in [0.1, 0.15) is 11.3 Å². The van der Waals surface area contributed by atoms with Crippen molar-refractivity contribution in [1.82, 2.24) is 29.4 Å². The molecule has 142 valence electrons. The van der Waals surface area contributed by atoms with Crippen molar-refractivity contribution in [1.29, 1.82) is 0 Å². The summed E-state index contributed by atoms with van der Waals surface area (Å²) in [5.41, 5.74) is 2.81. The van der Waals surface area contributed by atoms with E-state index in [9.17, 15) is 0 Å². The van der Waals surface area contributed by atoms with Gasteiger partial charge in [0.2, 0.25) is 11.7 Å². The lowest BCUT2D eigenvalue weighted by molar-refractivity contribution is 0.186. The van der Waals surface area contributed by atoms with Crippen LogP contribution in [0.1, 0.15) is 30.3 Å². The molecule has 0 atom stereocenters. The predicted molar refractivity (Wildman–Crippen MR) is 108 cm³/mol.